The van der Waals surface area contributed by atoms with Gasteiger partial charge in [0.1, 0.15) is 6.54 Å². The number of nitrogens with one attached hydrogen (secondary N) is 2. The Morgan fingerprint density at radius 1 is 1.10 bits per heavy atom. The molecule has 0 bridgehead atoms. The van der Waals surface area contributed by atoms with Crippen LogP contribution in [0.3, 0.4) is 0 Å². The molecule has 30 heavy (non-hydrogen) atoms. The van der Waals surface area contributed by atoms with E-state index in [0.29, 0.717) is 19.1 Å². The second kappa shape index (κ2) is 12.7. The fraction of sp³-hybridized carbons (Fsp3) is 0.850. The lowest BCUT2D eigenvalue weighted by molar-refractivity contribution is -0.127. The molecule has 9 nitrogen and oxygen atoms in total. The first-order chi connectivity index (χ1) is 14.0. The van der Waals surface area contributed by atoms with Crippen molar-refractivity contribution in [1.29, 1.82) is 0 Å². The quantitative estimate of drug-likeness (QED) is 0.273. The molecule has 2 aliphatic heterocycles. The van der Waals surface area contributed by atoms with Gasteiger partial charge in [0.15, 0.2) is 5.96 Å². The van der Waals surface area contributed by atoms with E-state index in [1.807, 2.05) is 0 Å². The molecule has 1 aliphatic carbocycles. The highest BCUT2D eigenvalue weighted by molar-refractivity contribution is 14.0. The van der Waals surface area contributed by atoms with Crippen LogP contribution in [0.5, 0.6) is 0 Å². The molecule has 2 heterocycles. The zero-order valence-electron chi connectivity index (χ0n) is 18.3. The lowest BCUT2D eigenvalue weighted by atomic mass is 10.1. The molecule has 2 N–H and O–H groups in total. The van der Waals surface area contributed by atoms with Crippen LogP contribution in [-0.2, 0) is 14.3 Å². The van der Waals surface area contributed by atoms with Crippen molar-refractivity contribution < 1.29 is 14.3 Å². The normalized spacial score (nSPS) is 22.8. The minimum atomic E-state index is -0.0198. The van der Waals surface area contributed by atoms with E-state index >= 15 is 0 Å². The van der Waals surface area contributed by atoms with Crippen molar-refractivity contribution in [1.82, 2.24) is 25.3 Å². The standard InChI is InChI=1S/C20H36N6O3.HI/c1-24(2)19(28)14-22-20(21-13-17-5-3-4-12-29-17)26-10-8-25(9-11-26)15-18(27)23-16-6-7-16;/h16-17H,3-15H2,1-2H3,(H,21,22)(H,23,27);1H. The Morgan fingerprint density at radius 3 is 2.43 bits per heavy atom. The highest BCUT2D eigenvalue weighted by Gasteiger charge is 2.26. The van der Waals surface area contributed by atoms with Crippen LogP contribution in [0.2, 0.25) is 0 Å². The summed E-state index contributed by atoms with van der Waals surface area (Å²) in [5.74, 6) is 0.865. The van der Waals surface area contributed by atoms with Crippen molar-refractivity contribution in [2.24, 2.45) is 4.99 Å². The maximum atomic E-state index is 12.0. The number of rotatable bonds is 7. The first-order valence-corrected chi connectivity index (χ1v) is 10.9. The van der Waals surface area contributed by atoms with Crippen LogP contribution in [0, 0.1) is 0 Å². The Hall–Kier alpha value is -1.14. The lowest BCUT2D eigenvalue weighted by Crippen LogP contribution is -2.55. The molecule has 0 aromatic heterocycles. The maximum Gasteiger partial charge on any atom is 0.243 e. The second-order valence-electron chi connectivity index (χ2n) is 8.40. The van der Waals surface area contributed by atoms with Gasteiger partial charge in [-0.1, -0.05) is 0 Å². The van der Waals surface area contributed by atoms with Gasteiger partial charge in [0.2, 0.25) is 11.8 Å². The highest BCUT2D eigenvalue weighted by Crippen LogP contribution is 2.18. The number of nitrogens with zero attached hydrogens (tertiary/aromatic N) is 4. The van der Waals surface area contributed by atoms with Crippen LogP contribution >= 0.6 is 24.0 Å². The van der Waals surface area contributed by atoms with Gasteiger partial charge in [-0.15, -0.1) is 24.0 Å². The number of piperazine rings is 1. The molecule has 172 valence electrons. The molecule has 3 aliphatic rings. The molecule has 2 saturated heterocycles. The summed E-state index contributed by atoms with van der Waals surface area (Å²) in [6.07, 6.45) is 5.81. The molecular weight excluding hydrogens is 499 g/mol. The summed E-state index contributed by atoms with van der Waals surface area (Å²) in [6, 6.07) is 0.406. The summed E-state index contributed by atoms with van der Waals surface area (Å²) in [5, 5.41) is 6.47. The number of carbonyl (C=O) groups is 2. The Kier molecular flexibility index (Phi) is 10.6. The van der Waals surface area contributed by atoms with Crippen molar-refractivity contribution in [3.05, 3.63) is 0 Å². The second-order valence-corrected chi connectivity index (χ2v) is 8.40. The zero-order chi connectivity index (χ0) is 20.6. The van der Waals surface area contributed by atoms with E-state index in [-0.39, 0.29) is 48.4 Å². The van der Waals surface area contributed by atoms with Gasteiger partial charge in [-0.25, -0.2) is 4.99 Å². The molecule has 3 fully saturated rings. The van der Waals surface area contributed by atoms with Crippen LogP contribution in [-0.4, -0.2) is 111 Å². The zero-order valence-corrected chi connectivity index (χ0v) is 20.6. The van der Waals surface area contributed by atoms with Gasteiger partial charge in [0, 0.05) is 59.5 Å². The topological polar surface area (TPSA) is 89.5 Å². The minimum Gasteiger partial charge on any atom is -0.376 e. The third-order valence-electron chi connectivity index (χ3n) is 5.61. The third kappa shape index (κ3) is 8.54. The van der Waals surface area contributed by atoms with E-state index in [1.54, 1.807) is 19.0 Å². The van der Waals surface area contributed by atoms with Gasteiger partial charge in [-0.05, 0) is 32.1 Å². The molecule has 2 amide bonds. The largest absolute Gasteiger partial charge is 0.376 e. The molecule has 0 radical (unpaired) electrons. The van der Waals surface area contributed by atoms with Crippen molar-refractivity contribution in [3.8, 4) is 0 Å². The van der Waals surface area contributed by atoms with Gasteiger partial charge in [0.25, 0.3) is 0 Å². The maximum absolute atomic E-state index is 12.0. The molecule has 0 aromatic rings. The Balaban J connectivity index is 0.00000320. The Morgan fingerprint density at radius 2 is 1.83 bits per heavy atom. The molecule has 10 heteroatoms. The van der Waals surface area contributed by atoms with Crippen LogP contribution in [0.25, 0.3) is 0 Å². The monoisotopic (exact) mass is 536 g/mol. The smallest absolute Gasteiger partial charge is 0.243 e. The van der Waals surface area contributed by atoms with E-state index in [0.717, 1.165) is 64.4 Å². The fourth-order valence-electron chi connectivity index (χ4n) is 3.55. The third-order valence-corrected chi connectivity index (χ3v) is 5.61. The van der Waals surface area contributed by atoms with Crippen molar-refractivity contribution in [2.75, 3.05) is 66.5 Å². The summed E-state index contributed by atoms with van der Waals surface area (Å²) in [5.41, 5.74) is 0. The summed E-state index contributed by atoms with van der Waals surface area (Å²) in [4.78, 5) is 34.5. The van der Waals surface area contributed by atoms with E-state index in [4.69, 9.17) is 4.74 Å². The number of hydrogen-bond acceptors (Lipinski definition) is 5. The average Bonchev–Trinajstić information content (AvgIpc) is 3.53. The van der Waals surface area contributed by atoms with Crippen LogP contribution in [0.1, 0.15) is 32.1 Å². The number of ether oxygens (including phenoxy) is 1. The molecule has 1 atom stereocenters. The Bertz CT molecular complexity index is 585. The predicted molar refractivity (Wildman–Crippen MR) is 127 cm³/mol. The van der Waals surface area contributed by atoms with Crippen molar-refractivity contribution in [3.63, 3.8) is 0 Å². The summed E-state index contributed by atoms with van der Waals surface area (Å²) < 4.78 is 5.81. The molecule has 1 unspecified atom stereocenters. The summed E-state index contributed by atoms with van der Waals surface area (Å²) in [6.45, 7) is 5.29. The van der Waals surface area contributed by atoms with Crippen LogP contribution in [0.15, 0.2) is 4.99 Å². The number of carbonyl (C=O) groups excluding carboxylic acids is 2. The average molecular weight is 536 g/mol. The number of likely N-dealkylation sites (N-methyl/N-ethyl adjacent to an activating group) is 1. The molecule has 1 saturated carbocycles. The summed E-state index contributed by atoms with van der Waals surface area (Å²) in [7, 11) is 3.48. The van der Waals surface area contributed by atoms with Crippen LogP contribution in [0.4, 0.5) is 0 Å². The lowest BCUT2D eigenvalue weighted by Gasteiger charge is -2.36. The summed E-state index contributed by atoms with van der Waals surface area (Å²) >= 11 is 0. The molecule has 0 spiro atoms. The van der Waals surface area contributed by atoms with Crippen molar-refractivity contribution in [2.45, 2.75) is 44.2 Å². The number of aliphatic imine (C=N–C) groups is 1. The van der Waals surface area contributed by atoms with Gasteiger partial charge >= 0.3 is 0 Å². The Labute approximate surface area is 197 Å². The van der Waals surface area contributed by atoms with Gasteiger partial charge in [-0.2, -0.15) is 0 Å². The van der Waals surface area contributed by atoms with Crippen LogP contribution < -0.4 is 10.6 Å². The van der Waals surface area contributed by atoms with Gasteiger partial charge < -0.3 is 25.2 Å². The van der Waals surface area contributed by atoms with Gasteiger partial charge in [0.05, 0.1) is 12.6 Å². The highest BCUT2D eigenvalue weighted by atomic mass is 127. The minimum absolute atomic E-state index is 0. The fourth-order valence-corrected chi connectivity index (χ4v) is 3.55. The molecule has 0 aromatic carbocycles. The molecular formula is C20H37IN6O3. The predicted octanol–water partition coefficient (Wildman–Crippen LogP) is 0.104. The van der Waals surface area contributed by atoms with E-state index in [2.05, 4.69) is 25.4 Å². The van der Waals surface area contributed by atoms with E-state index in [9.17, 15) is 9.59 Å². The number of hydrogen-bond donors (Lipinski definition) is 2. The van der Waals surface area contributed by atoms with E-state index < -0.39 is 0 Å². The first kappa shape index (κ1) is 25.1. The number of amides is 2. The number of guanidine groups is 1. The van der Waals surface area contributed by atoms with Crippen molar-refractivity contribution >= 4 is 41.8 Å². The molecule has 3 rings (SSSR count). The number of halogens is 1. The van der Waals surface area contributed by atoms with E-state index in [1.165, 1.54) is 6.42 Å². The first-order valence-electron chi connectivity index (χ1n) is 10.9. The van der Waals surface area contributed by atoms with Gasteiger partial charge in [-0.3, -0.25) is 14.5 Å². The SMILES string of the molecule is CN(C)C(=O)CN=C(NCC1CCCCO1)N1CCN(CC(=O)NC2CC2)CC1.I.